The van der Waals surface area contributed by atoms with E-state index in [4.69, 9.17) is 9.47 Å². The van der Waals surface area contributed by atoms with Gasteiger partial charge in [-0.15, -0.1) is 0 Å². The van der Waals surface area contributed by atoms with Gasteiger partial charge in [0.1, 0.15) is 11.7 Å². The fourth-order valence-corrected chi connectivity index (χ4v) is 4.71. The van der Waals surface area contributed by atoms with E-state index in [1.165, 1.54) is 0 Å². The van der Waals surface area contributed by atoms with Crippen LogP contribution in [0.25, 0.3) is 0 Å². The molecule has 1 aliphatic carbocycles. The van der Waals surface area contributed by atoms with Crippen LogP contribution in [-0.4, -0.2) is 25.5 Å². The molecule has 4 rings (SSSR count). The number of benzene rings is 2. The number of rotatable bonds is 5. The van der Waals surface area contributed by atoms with Gasteiger partial charge in [0.15, 0.2) is 5.78 Å². The smallest absolute Gasteiger partial charge is 0.315 e. The van der Waals surface area contributed by atoms with Crippen molar-refractivity contribution < 1.29 is 19.1 Å². The van der Waals surface area contributed by atoms with Crippen LogP contribution in [0.2, 0.25) is 0 Å². The Kier molecular flexibility index (Phi) is 5.94. The van der Waals surface area contributed by atoms with Crippen molar-refractivity contribution in [2.45, 2.75) is 31.6 Å². The van der Waals surface area contributed by atoms with Crippen LogP contribution in [0.5, 0.6) is 5.75 Å². The first-order chi connectivity index (χ1) is 15.0. The van der Waals surface area contributed by atoms with E-state index >= 15 is 0 Å². The van der Waals surface area contributed by atoms with Gasteiger partial charge in [0.05, 0.1) is 13.7 Å². The van der Waals surface area contributed by atoms with Crippen molar-refractivity contribution in [3.8, 4) is 5.75 Å². The number of hydrogen-bond donors (Lipinski definition) is 1. The van der Waals surface area contributed by atoms with E-state index in [0.717, 1.165) is 16.8 Å². The molecule has 0 fully saturated rings. The Hall–Kier alpha value is -3.34. The minimum Gasteiger partial charge on any atom is -0.497 e. The van der Waals surface area contributed by atoms with Crippen molar-refractivity contribution in [3.63, 3.8) is 0 Å². The Labute approximate surface area is 182 Å². The van der Waals surface area contributed by atoms with Crippen molar-refractivity contribution in [1.29, 1.82) is 0 Å². The molecule has 5 nitrogen and oxygen atoms in total. The summed E-state index contributed by atoms with van der Waals surface area (Å²) in [5, 5.41) is 3.30. The summed E-state index contributed by atoms with van der Waals surface area (Å²) in [6.07, 6.45) is 1.10. The molecular weight excluding hydrogens is 390 g/mol. The number of nitrogens with one attached hydrogen (secondary N) is 1. The number of carbonyl (C=O) groups is 2. The number of allylic oxidation sites excluding steroid dienone is 2. The predicted molar refractivity (Wildman–Crippen MR) is 119 cm³/mol. The third kappa shape index (κ3) is 4.00. The third-order valence-corrected chi connectivity index (χ3v) is 6.10. The minimum absolute atomic E-state index is 0.0530. The van der Waals surface area contributed by atoms with Crippen LogP contribution in [0, 0.1) is 5.92 Å². The molecule has 160 valence electrons. The van der Waals surface area contributed by atoms with Crippen molar-refractivity contribution in [2.24, 2.45) is 5.92 Å². The van der Waals surface area contributed by atoms with Gasteiger partial charge in [-0.1, -0.05) is 49.0 Å². The quantitative estimate of drug-likeness (QED) is 0.727. The van der Waals surface area contributed by atoms with Crippen LogP contribution in [-0.2, 0) is 14.3 Å². The highest BCUT2D eigenvalue weighted by Crippen LogP contribution is 2.47. The van der Waals surface area contributed by atoms with E-state index in [0.29, 0.717) is 29.9 Å². The van der Waals surface area contributed by atoms with E-state index < -0.39 is 11.8 Å². The van der Waals surface area contributed by atoms with E-state index in [1.807, 2.05) is 42.5 Å². The Morgan fingerprint density at radius 1 is 1.10 bits per heavy atom. The standard InChI is InChI=1S/C26H27NO4/c1-4-31-26(29)23-16(2)27-21-14-19(17-9-6-5-7-10-17)15-22(28)25(21)24(23)18-11-8-12-20(13-18)30-3/h5-13,19,23-24,27H,2,4,14-15H2,1,3H3. The molecule has 3 atom stereocenters. The Balaban J connectivity index is 1.81. The largest absolute Gasteiger partial charge is 0.497 e. The number of Topliss-reactive ketones (excluding diaryl/α,β-unsaturated/α-hetero) is 1. The average molecular weight is 418 g/mol. The molecule has 1 N–H and O–H groups in total. The van der Waals surface area contributed by atoms with Gasteiger partial charge in [-0.25, -0.2) is 0 Å². The molecule has 2 aromatic rings. The molecule has 2 aromatic carbocycles. The summed E-state index contributed by atoms with van der Waals surface area (Å²) in [4.78, 5) is 26.4. The van der Waals surface area contributed by atoms with Gasteiger partial charge in [0, 0.05) is 29.3 Å². The molecule has 0 bridgehead atoms. The zero-order valence-corrected chi connectivity index (χ0v) is 17.9. The summed E-state index contributed by atoms with van der Waals surface area (Å²) in [6.45, 7) is 6.19. The average Bonchev–Trinajstić information content (AvgIpc) is 2.78. The monoisotopic (exact) mass is 417 g/mol. The molecule has 0 saturated carbocycles. The molecule has 0 spiro atoms. The Morgan fingerprint density at radius 3 is 2.55 bits per heavy atom. The lowest BCUT2D eigenvalue weighted by Gasteiger charge is -2.40. The van der Waals surface area contributed by atoms with Crippen LogP contribution in [0.1, 0.15) is 42.7 Å². The first-order valence-electron chi connectivity index (χ1n) is 10.6. The van der Waals surface area contributed by atoms with Gasteiger partial charge in [-0.2, -0.15) is 0 Å². The van der Waals surface area contributed by atoms with Crippen molar-refractivity contribution in [3.05, 3.63) is 89.3 Å². The highest BCUT2D eigenvalue weighted by molar-refractivity contribution is 6.01. The fourth-order valence-electron chi connectivity index (χ4n) is 4.71. The molecule has 0 amide bonds. The summed E-state index contributed by atoms with van der Waals surface area (Å²) < 4.78 is 10.8. The maximum absolute atomic E-state index is 13.5. The second-order valence-corrected chi connectivity index (χ2v) is 7.97. The molecule has 2 aliphatic rings. The lowest BCUT2D eigenvalue weighted by Crippen LogP contribution is -2.42. The zero-order valence-electron chi connectivity index (χ0n) is 17.9. The Morgan fingerprint density at radius 2 is 1.84 bits per heavy atom. The van der Waals surface area contributed by atoms with Gasteiger partial charge in [-0.05, 0) is 42.5 Å². The number of carbonyl (C=O) groups excluding carboxylic acids is 2. The highest BCUT2D eigenvalue weighted by atomic mass is 16.5. The summed E-state index contributed by atoms with van der Waals surface area (Å²) in [5.74, 6) is -0.686. The number of esters is 1. The zero-order chi connectivity index (χ0) is 22.0. The summed E-state index contributed by atoms with van der Waals surface area (Å²) >= 11 is 0. The van der Waals surface area contributed by atoms with Crippen LogP contribution in [0.3, 0.4) is 0 Å². The molecule has 31 heavy (non-hydrogen) atoms. The number of ether oxygens (including phenoxy) is 2. The van der Waals surface area contributed by atoms with E-state index in [9.17, 15) is 9.59 Å². The number of methoxy groups -OCH3 is 1. The fraction of sp³-hybridized carbons (Fsp3) is 0.308. The lowest BCUT2D eigenvalue weighted by atomic mass is 9.69. The molecular formula is C26H27NO4. The normalized spacial score (nSPS) is 23.1. The van der Waals surface area contributed by atoms with E-state index in [1.54, 1.807) is 14.0 Å². The van der Waals surface area contributed by atoms with E-state index in [-0.39, 0.29) is 24.3 Å². The van der Waals surface area contributed by atoms with Gasteiger partial charge in [0.2, 0.25) is 0 Å². The summed E-state index contributed by atoms with van der Waals surface area (Å²) in [6, 6.07) is 17.6. The highest BCUT2D eigenvalue weighted by Gasteiger charge is 2.45. The Bertz CT molecular complexity index is 1040. The third-order valence-electron chi connectivity index (χ3n) is 6.10. The second-order valence-electron chi connectivity index (χ2n) is 7.97. The lowest BCUT2D eigenvalue weighted by molar-refractivity contribution is -0.147. The predicted octanol–water partition coefficient (Wildman–Crippen LogP) is 4.48. The SMILES string of the molecule is C=C1NC2=C(C(=O)CC(c3ccccc3)C2)C(c2cccc(OC)c2)C1C(=O)OCC. The summed E-state index contributed by atoms with van der Waals surface area (Å²) in [7, 11) is 1.60. The van der Waals surface area contributed by atoms with Crippen molar-refractivity contribution >= 4 is 11.8 Å². The number of ketones is 1. The van der Waals surface area contributed by atoms with Crippen molar-refractivity contribution in [2.75, 3.05) is 13.7 Å². The first-order valence-corrected chi connectivity index (χ1v) is 10.6. The van der Waals surface area contributed by atoms with Crippen LogP contribution < -0.4 is 10.1 Å². The second kappa shape index (κ2) is 8.80. The minimum atomic E-state index is -0.678. The van der Waals surface area contributed by atoms with Crippen molar-refractivity contribution in [1.82, 2.24) is 5.32 Å². The molecule has 5 heteroatoms. The van der Waals surface area contributed by atoms with Crippen LogP contribution in [0.15, 0.2) is 78.1 Å². The first kappa shape index (κ1) is 20.9. The molecule has 1 heterocycles. The van der Waals surface area contributed by atoms with Crippen LogP contribution in [0.4, 0.5) is 0 Å². The maximum atomic E-state index is 13.5. The maximum Gasteiger partial charge on any atom is 0.315 e. The summed E-state index contributed by atoms with van der Waals surface area (Å²) in [5.41, 5.74) is 4.06. The molecule has 3 unspecified atom stereocenters. The van der Waals surface area contributed by atoms with Gasteiger partial charge >= 0.3 is 5.97 Å². The molecule has 0 aromatic heterocycles. The topological polar surface area (TPSA) is 64.6 Å². The molecule has 1 aliphatic heterocycles. The van der Waals surface area contributed by atoms with Gasteiger partial charge < -0.3 is 14.8 Å². The number of hydrogen-bond acceptors (Lipinski definition) is 5. The molecule has 0 saturated heterocycles. The van der Waals surface area contributed by atoms with Crippen LogP contribution >= 0.6 is 0 Å². The molecule has 0 radical (unpaired) electrons. The van der Waals surface area contributed by atoms with E-state index in [2.05, 4.69) is 24.0 Å². The van der Waals surface area contributed by atoms with Gasteiger partial charge in [0.25, 0.3) is 0 Å². The van der Waals surface area contributed by atoms with Gasteiger partial charge in [-0.3, -0.25) is 9.59 Å².